The molecule has 22 heavy (non-hydrogen) atoms. The zero-order valence-corrected chi connectivity index (χ0v) is 12.0. The lowest BCUT2D eigenvalue weighted by Gasteiger charge is -2.09. The lowest BCUT2D eigenvalue weighted by Crippen LogP contribution is -2.36. The number of nitrogens with one attached hydrogen (secondary N) is 2. The third-order valence-corrected chi connectivity index (χ3v) is 2.71. The van der Waals surface area contributed by atoms with E-state index in [4.69, 9.17) is 17.0 Å². The zero-order valence-electron chi connectivity index (χ0n) is 11.2. The molecule has 8 heteroatoms. The maximum atomic E-state index is 11.6. The summed E-state index contributed by atoms with van der Waals surface area (Å²) in [7, 11) is 0. The number of nitro benzene ring substituents is 1. The number of benzene rings is 2. The molecule has 2 N–H and O–H groups in total. The van der Waals surface area contributed by atoms with E-state index in [1.165, 1.54) is 24.3 Å². The second-order valence-corrected chi connectivity index (χ2v) is 4.49. The molecule has 0 aliphatic rings. The SMILES string of the molecule is O=C(NC(=S)Nc1ccc([N+](=O)[O-])cc1)Oc1ccccc1. The number of nitro groups is 1. The summed E-state index contributed by atoms with van der Waals surface area (Å²) in [4.78, 5) is 21.6. The Bertz CT molecular complexity index is 689. The standard InChI is InChI=1S/C14H11N3O4S/c18-14(21-12-4-2-1-3-5-12)16-13(22)15-10-6-8-11(9-7-10)17(19)20/h1-9H,(H2,15,16,18,22). The molecule has 2 rings (SSSR count). The molecule has 112 valence electrons. The first-order valence-electron chi connectivity index (χ1n) is 6.14. The fourth-order valence-corrected chi connectivity index (χ4v) is 1.74. The molecule has 2 aromatic rings. The van der Waals surface area contributed by atoms with Crippen LogP contribution in [0.4, 0.5) is 16.2 Å². The molecule has 0 radical (unpaired) electrons. The summed E-state index contributed by atoms with van der Waals surface area (Å²) in [5.41, 5.74) is 0.475. The molecule has 0 bridgehead atoms. The van der Waals surface area contributed by atoms with E-state index < -0.39 is 11.0 Å². The Labute approximate surface area is 131 Å². The molecule has 1 amide bonds. The molecule has 0 aromatic heterocycles. The van der Waals surface area contributed by atoms with Crippen LogP contribution in [0.25, 0.3) is 0 Å². The molecule has 0 aliphatic heterocycles. The third kappa shape index (κ3) is 4.53. The molecule has 0 atom stereocenters. The number of nitrogens with zero attached hydrogens (tertiary/aromatic N) is 1. The first-order valence-corrected chi connectivity index (χ1v) is 6.55. The lowest BCUT2D eigenvalue weighted by atomic mass is 10.3. The van der Waals surface area contributed by atoms with E-state index in [9.17, 15) is 14.9 Å². The second-order valence-electron chi connectivity index (χ2n) is 4.09. The summed E-state index contributed by atoms with van der Waals surface area (Å²) in [6, 6.07) is 14.1. The van der Waals surface area contributed by atoms with E-state index in [0.29, 0.717) is 11.4 Å². The van der Waals surface area contributed by atoms with Gasteiger partial charge < -0.3 is 10.1 Å². The molecule has 7 nitrogen and oxygen atoms in total. The van der Waals surface area contributed by atoms with Crippen molar-refractivity contribution in [3.63, 3.8) is 0 Å². The average molecular weight is 317 g/mol. The monoisotopic (exact) mass is 317 g/mol. The predicted octanol–water partition coefficient (Wildman–Crippen LogP) is 3.08. The van der Waals surface area contributed by atoms with Gasteiger partial charge in [0, 0.05) is 17.8 Å². The Morgan fingerprint density at radius 2 is 1.73 bits per heavy atom. The van der Waals surface area contributed by atoms with Crippen LogP contribution in [0.3, 0.4) is 0 Å². The summed E-state index contributed by atoms with van der Waals surface area (Å²) in [6.07, 6.45) is -0.731. The van der Waals surface area contributed by atoms with Crippen LogP contribution in [0.15, 0.2) is 54.6 Å². The molecule has 0 saturated carbocycles. The Hall–Kier alpha value is -3.00. The van der Waals surface area contributed by atoms with Crippen LogP contribution in [-0.2, 0) is 0 Å². The van der Waals surface area contributed by atoms with Crippen molar-refractivity contribution in [2.24, 2.45) is 0 Å². The van der Waals surface area contributed by atoms with Crippen molar-refractivity contribution in [1.82, 2.24) is 5.32 Å². The third-order valence-electron chi connectivity index (χ3n) is 2.51. The van der Waals surface area contributed by atoms with E-state index in [2.05, 4.69) is 10.6 Å². The normalized spacial score (nSPS) is 9.64. The Morgan fingerprint density at radius 1 is 1.09 bits per heavy atom. The van der Waals surface area contributed by atoms with Gasteiger partial charge in [-0.1, -0.05) is 18.2 Å². The molecule has 0 unspecified atom stereocenters. The minimum Gasteiger partial charge on any atom is -0.410 e. The van der Waals surface area contributed by atoms with Gasteiger partial charge in [-0.25, -0.2) is 4.79 Å². The number of ether oxygens (including phenoxy) is 1. The van der Waals surface area contributed by atoms with Gasteiger partial charge in [0.15, 0.2) is 5.11 Å². The first-order chi connectivity index (χ1) is 10.5. The van der Waals surface area contributed by atoms with Crippen molar-refractivity contribution < 1.29 is 14.5 Å². The quantitative estimate of drug-likeness (QED) is 0.513. The predicted molar refractivity (Wildman–Crippen MR) is 84.9 cm³/mol. The van der Waals surface area contributed by atoms with Crippen molar-refractivity contribution in [3.05, 3.63) is 64.7 Å². The topological polar surface area (TPSA) is 93.5 Å². The Kier molecular flexibility index (Phi) is 4.99. The summed E-state index contributed by atoms with van der Waals surface area (Å²) in [5.74, 6) is 0.387. The van der Waals surface area contributed by atoms with Crippen LogP contribution < -0.4 is 15.4 Å². The van der Waals surface area contributed by atoms with Gasteiger partial charge in [0.25, 0.3) is 5.69 Å². The number of non-ortho nitro benzene ring substituents is 1. The molecule has 0 fully saturated rings. The van der Waals surface area contributed by atoms with Crippen molar-refractivity contribution >= 4 is 34.8 Å². The van der Waals surface area contributed by atoms with Crippen molar-refractivity contribution in [2.75, 3.05) is 5.32 Å². The molecule has 0 aliphatic carbocycles. The van der Waals surface area contributed by atoms with Crippen LogP contribution >= 0.6 is 12.2 Å². The number of hydrogen-bond acceptors (Lipinski definition) is 5. The van der Waals surface area contributed by atoms with Gasteiger partial charge in [-0.05, 0) is 36.5 Å². The van der Waals surface area contributed by atoms with Crippen LogP contribution in [0, 0.1) is 10.1 Å². The average Bonchev–Trinajstić information content (AvgIpc) is 2.48. The Balaban J connectivity index is 1.87. The summed E-state index contributed by atoms with van der Waals surface area (Å²) in [6.45, 7) is 0. The molecule has 0 heterocycles. The molecular weight excluding hydrogens is 306 g/mol. The maximum absolute atomic E-state index is 11.6. The van der Waals surface area contributed by atoms with E-state index in [1.807, 2.05) is 0 Å². The van der Waals surface area contributed by atoms with Gasteiger partial charge in [0.1, 0.15) is 5.75 Å². The molecular formula is C14H11N3O4S. The zero-order chi connectivity index (χ0) is 15.9. The van der Waals surface area contributed by atoms with Gasteiger partial charge in [0.2, 0.25) is 0 Å². The minimum absolute atomic E-state index is 0.0229. The van der Waals surface area contributed by atoms with Gasteiger partial charge in [0.05, 0.1) is 4.92 Å². The summed E-state index contributed by atoms with van der Waals surface area (Å²) >= 11 is 4.96. The summed E-state index contributed by atoms with van der Waals surface area (Å²) < 4.78 is 5.01. The number of thiocarbonyl (C=S) groups is 1. The van der Waals surface area contributed by atoms with Crippen LogP contribution in [-0.4, -0.2) is 16.1 Å². The minimum atomic E-state index is -0.731. The van der Waals surface area contributed by atoms with Gasteiger partial charge >= 0.3 is 6.09 Å². The van der Waals surface area contributed by atoms with E-state index in [-0.39, 0.29) is 10.8 Å². The molecule has 0 spiro atoms. The van der Waals surface area contributed by atoms with Crippen molar-refractivity contribution in [1.29, 1.82) is 0 Å². The fraction of sp³-hybridized carbons (Fsp3) is 0. The van der Waals surface area contributed by atoms with E-state index in [1.54, 1.807) is 30.3 Å². The molecule has 0 saturated heterocycles. The highest BCUT2D eigenvalue weighted by atomic mass is 32.1. The highest BCUT2D eigenvalue weighted by Gasteiger charge is 2.08. The highest BCUT2D eigenvalue weighted by molar-refractivity contribution is 7.80. The smallest absolute Gasteiger partial charge is 0.410 e. The number of anilines is 1. The fourth-order valence-electron chi connectivity index (χ4n) is 1.54. The number of hydrogen-bond donors (Lipinski definition) is 2. The van der Waals surface area contributed by atoms with Gasteiger partial charge in [-0.3, -0.25) is 15.4 Å². The Morgan fingerprint density at radius 3 is 2.32 bits per heavy atom. The van der Waals surface area contributed by atoms with Crippen LogP contribution in [0.2, 0.25) is 0 Å². The summed E-state index contributed by atoms with van der Waals surface area (Å²) in [5, 5.41) is 15.6. The van der Waals surface area contributed by atoms with E-state index in [0.717, 1.165) is 0 Å². The van der Waals surface area contributed by atoms with Gasteiger partial charge in [-0.15, -0.1) is 0 Å². The number of para-hydroxylation sites is 1. The number of amides is 1. The lowest BCUT2D eigenvalue weighted by molar-refractivity contribution is -0.384. The highest BCUT2D eigenvalue weighted by Crippen LogP contribution is 2.15. The van der Waals surface area contributed by atoms with Gasteiger partial charge in [-0.2, -0.15) is 0 Å². The number of carbonyl (C=O) groups excluding carboxylic acids is 1. The largest absolute Gasteiger partial charge is 0.418 e. The van der Waals surface area contributed by atoms with Crippen LogP contribution in [0.5, 0.6) is 5.75 Å². The number of rotatable bonds is 3. The second kappa shape index (κ2) is 7.14. The molecule has 2 aromatic carbocycles. The van der Waals surface area contributed by atoms with E-state index >= 15 is 0 Å². The van der Waals surface area contributed by atoms with Crippen molar-refractivity contribution in [2.45, 2.75) is 0 Å². The number of carbonyl (C=O) groups is 1. The van der Waals surface area contributed by atoms with Crippen molar-refractivity contribution in [3.8, 4) is 5.75 Å². The maximum Gasteiger partial charge on any atom is 0.418 e. The van der Waals surface area contributed by atoms with Crippen LogP contribution in [0.1, 0.15) is 0 Å². The first kappa shape index (κ1) is 15.4.